The molecular formula is C24H24N2O7S. The number of imide groups is 1. The first-order valence-corrected chi connectivity index (χ1v) is 11.9. The zero-order valence-corrected chi connectivity index (χ0v) is 19.7. The van der Waals surface area contributed by atoms with E-state index in [-0.39, 0.29) is 17.7 Å². The van der Waals surface area contributed by atoms with E-state index in [1.807, 2.05) is 0 Å². The molecule has 0 bridgehead atoms. The molecule has 0 unspecified atom stereocenters. The highest BCUT2D eigenvalue weighted by atomic mass is 32.1. The molecule has 3 amide bonds. The van der Waals surface area contributed by atoms with E-state index in [0.29, 0.717) is 10.6 Å². The summed E-state index contributed by atoms with van der Waals surface area (Å²) >= 11 is 1.33. The van der Waals surface area contributed by atoms with Crippen molar-refractivity contribution in [2.45, 2.75) is 45.6 Å². The van der Waals surface area contributed by atoms with Gasteiger partial charge in [0.05, 0.1) is 23.3 Å². The maximum Gasteiger partial charge on any atom is 0.341 e. The molecule has 1 aromatic carbocycles. The summed E-state index contributed by atoms with van der Waals surface area (Å²) in [4.78, 5) is 64.6. The number of nitrogens with zero attached hydrogens (tertiary/aromatic N) is 1. The number of thiophene rings is 1. The summed E-state index contributed by atoms with van der Waals surface area (Å²) < 4.78 is 10.3. The van der Waals surface area contributed by atoms with Crippen LogP contribution in [0.5, 0.6) is 0 Å². The normalized spacial score (nSPS) is 15.4. The van der Waals surface area contributed by atoms with E-state index in [1.54, 1.807) is 19.1 Å². The molecule has 0 saturated heterocycles. The Kier molecular flexibility index (Phi) is 6.78. The number of amides is 3. The molecule has 34 heavy (non-hydrogen) atoms. The number of carbonyl (C=O) groups excluding carboxylic acids is 5. The van der Waals surface area contributed by atoms with Gasteiger partial charge in [0.1, 0.15) is 11.0 Å². The van der Waals surface area contributed by atoms with E-state index in [0.717, 1.165) is 41.0 Å². The van der Waals surface area contributed by atoms with Crippen LogP contribution in [0.15, 0.2) is 24.3 Å². The number of fused-ring (bicyclic) bond motifs is 2. The summed E-state index contributed by atoms with van der Waals surface area (Å²) in [6, 6.07) is 5.09. The van der Waals surface area contributed by atoms with Gasteiger partial charge in [-0.15, -0.1) is 11.3 Å². The maximum absolute atomic E-state index is 12.6. The van der Waals surface area contributed by atoms with Crippen LogP contribution in [0.4, 0.5) is 5.00 Å². The minimum atomic E-state index is -1.20. The molecule has 1 aliphatic heterocycles. The molecule has 0 fully saturated rings. The zero-order valence-electron chi connectivity index (χ0n) is 18.8. The standard InChI is InChI=1S/C24H24N2O7S/c1-3-32-24(31)19-16-10-6-7-11-17(16)34-20(19)25-18(27)12-33-23(30)13(2)26-21(28)14-8-4-5-9-15(14)22(26)29/h4-5,8-9,13H,3,6-7,10-12H2,1-2H3,(H,25,27)/t13-/m0/s1. The molecule has 0 spiro atoms. The number of nitrogens with one attached hydrogen (secondary N) is 1. The number of ether oxygens (including phenoxy) is 2. The van der Waals surface area contributed by atoms with Crippen molar-refractivity contribution in [3.8, 4) is 0 Å². The van der Waals surface area contributed by atoms with Gasteiger partial charge in [-0.3, -0.25) is 19.3 Å². The van der Waals surface area contributed by atoms with Crippen LogP contribution in [0.2, 0.25) is 0 Å². The Hall–Kier alpha value is -3.53. The third-order valence-electron chi connectivity index (χ3n) is 5.80. The highest BCUT2D eigenvalue weighted by Crippen LogP contribution is 2.38. The summed E-state index contributed by atoms with van der Waals surface area (Å²) in [6.07, 6.45) is 3.53. The summed E-state index contributed by atoms with van der Waals surface area (Å²) in [5.74, 6) is -3.18. The van der Waals surface area contributed by atoms with Gasteiger partial charge in [-0.25, -0.2) is 9.59 Å². The lowest BCUT2D eigenvalue weighted by molar-refractivity contribution is -0.150. The van der Waals surface area contributed by atoms with Crippen LogP contribution in [0, 0.1) is 0 Å². The van der Waals surface area contributed by atoms with Gasteiger partial charge in [-0.05, 0) is 57.2 Å². The molecule has 2 aromatic rings. The molecule has 10 heteroatoms. The molecule has 1 aromatic heterocycles. The first-order chi connectivity index (χ1) is 16.3. The SMILES string of the molecule is CCOC(=O)c1c(NC(=O)COC(=O)[C@H](C)N2C(=O)c3ccccc3C2=O)sc2c1CCCC2. The van der Waals surface area contributed by atoms with E-state index in [9.17, 15) is 24.0 Å². The fourth-order valence-corrected chi connectivity index (χ4v) is 5.45. The topological polar surface area (TPSA) is 119 Å². The Balaban J connectivity index is 1.41. The largest absolute Gasteiger partial charge is 0.462 e. The number of rotatable bonds is 7. The minimum absolute atomic E-state index is 0.212. The van der Waals surface area contributed by atoms with E-state index < -0.39 is 42.3 Å². The highest BCUT2D eigenvalue weighted by molar-refractivity contribution is 7.17. The lowest BCUT2D eigenvalue weighted by atomic mass is 9.95. The van der Waals surface area contributed by atoms with Crippen LogP contribution in [0.1, 0.15) is 68.2 Å². The monoisotopic (exact) mass is 484 g/mol. The molecule has 4 rings (SSSR count). The third kappa shape index (κ3) is 4.33. The molecular weight excluding hydrogens is 460 g/mol. The van der Waals surface area contributed by atoms with Crippen LogP contribution in [0.25, 0.3) is 0 Å². The van der Waals surface area contributed by atoms with Crippen LogP contribution < -0.4 is 5.32 Å². The molecule has 0 radical (unpaired) electrons. The van der Waals surface area contributed by atoms with Crippen molar-refractivity contribution in [1.29, 1.82) is 0 Å². The number of aryl methyl sites for hydroxylation is 1. The fourth-order valence-electron chi connectivity index (χ4n) is 4.16. The van der Waals surface area contributed by atoms with Crippen LogP contribution >= 0.6 is 11.3 Å². The smallest absolute Gasteiger partial charge is 0.341 e. The van der Waals surface area contributed by atoms with Gasteiger partial charge in [0.15, 0.2) is 6.61 Å². The molecule has 2 heterocycles. The van der Waals surface area contributed by atoms with Crippen molar-refractivity contribution in [1.82, 2.24) is 4.90 Å². The zero-order chi connectivity index (χ0) is 24.4. The quantitative estimate of drug-likeness (QED) is 0.474. The number of anilines is 1. The summed E-state index contributed by atoms with van der Waals surface area (Å²) in [5, 5.41) is 3.03. The van der Waals surface area contributed by atoms with Gasteiger partial charge < -0.3 is 14.8 Å². The summed E-state index contributed by atoms with van der Waals surface area (Å²) in [6.45, 7) is 2.67. The van der Waals surface area contributed by atoms with Gasteiger partial charge in [-0.1, -0.05) is 12.1 Å². The lowest BCUT2D eigenvalue weighted by Gasteiger charge is -2.20. The van der Waals surface area contributed by atoms with E-state index in [4.69, 9.17) is 9.47 Å². The number of benzene rings is 1. The number of carbonyl (C=O) groups is 5. The Labute approximate surface area is 200 Å². The average molecular weight is 485 g/mol. The van der Waals surface area contributed by atoms with Gasteiger partial charge in [-0.2, -0.15) is 0 Å². The van der Waals surface area contributed by atoms with Gasteiger partial charge in [0.25, 0.3) is 17.7 Å². The van der Waals surface area contributed by atoms with Crippen LogP contribution in [-0.4, -0.2) is 53.8 Å². The number of hydrogen-bond acceptors (Lipinski definition) is 8. The van der Waals surface area contributed by atoms with Crippen LogP contribution in [0.3, 0.4) is 0 Å². The maximum atomic E-state index is 12.6. The van der Waals surface area contributed by atoms with E-state index >= 15 is 0 Å². The predicted octanol–water partition coefficient (Wildman–Crippen LogP) is 2.97. The summed E-state index contributed by atoms with van der Waals surface area (Å²) in [5.41, 5.74) is 1.71. The first kappa shape index (κ1) is 23.6. The molecule has 9 nitrogen and oxygen atoms in total. The summed E-state index contributed by atoms with van der Waals surface area (Å²) in [7, 11) is 0. The van der Waals surface area contributed by atoms with Gasteiger partial charge in [0.2, 0.25) is 0 Å². The van der Waals surface area contributed by atoms with E-state index in [1.165, 1.54) is 30.4 Å². The fraction of sp³-hybridized carbons (Fsp3) is 0.375. The Bertz CT molecular complexity index is 1150. The average Bonchev–Trinajstić information content (AvgIpc) is 3.31. The minimum Gasteiger partial charge on any atom is -0.462 e. The van der Waals surface area contributed by atoms with E-state index in [2.05, 4.69) is 5.32 Å². The van der Waals surface area contributed by atoms with Crippen molar-refractivity contribution in [3.05, 3.63) is 51.4 Å². The molecule has 1 aliphatic carbocycles. The number of esters is 2. The van der Waals surface area contributed by atoms with Crippen molar-refractivity contribution < 1.29 is 33.4 Å². The van der Waals surface area contributed by atoms with Crippen molar-refractivity contribution in [2.24, 2.45) is 0 Å². The second-order valence-corrected chi connectivity index (χ2v) is 9.10. The molecule has 1 atom stereocenters. The second-order valence-electron chi connectivity index (χ2n) is 7.99. The van der Waals surface area contributed by atoms with Gasteiger partial charge in [0, 0.05) is 4.88 Å². The van der Waals surface area contributed by atoms with Crippen molar-refractivity contribution in [2.75, 3.05) is 18.5 Å². The van der Waals surface area contributed by atoms with Crippen molar-refractivity contribution >= 4 is 46.0 Å². The lowest BCUT2D eigenvalue weighted by Crippen LogP contribution is -2.44. The van der Waals surface area contributed by atoms with Gasteiger partial charge >= 0.3 is 11.9 Å². The molecule has 178 valence electrons. The molecule has 0 saturated carbocycles. The Morgan fingerprint density at radius 3 is 2.35 bits per heavy atom. The predicted molar refractivity (Wildman–Crippen MR) is 123 cm³/mol. The second kappa shape index (κ2) is 9.76. The van der Waals surface area contributed by atoms with Crippen molar-refractivity contribution in [3.63, 3.8) is 0 Å². The Morgan fingerprint density at radius 1 is 1.06 bits per heavy atom. The molecule has 1 N–H and O–H groups in total. The number of hydrogen-bond donors (Lipinski definition) is 1. The van der Waals surface area contributed by atoms with Crippen LogP contribution in [-0.2, 0) is 31.9 Å². The third-order valence-corrected chi connectivity index (χ3v) is 7.01. The molecule has 2 aliphatic rings. The highest BCUT2D eigenvalue weighted by Gasteiger charge is 2.41. The first-order valence-electron chi connectivity index (χ1n) is 11.1. The Morgan fingerprint density at radius 2 is 1.71 bits per heavy atom.